The maximum atomic E-state index is 11.8. The molecule has 0 radical (unpaired) electrons. The minimum Gasteiger partial charge on any atom is -0.494 e. The van der Waals surface area contributed by atoms with Crippen molar-refractivity contribution < 1.29 is 24.2 Å². The number of ether oxygens (including phenoxy) is 2. The Balaban J connectivity index is 2.83. The van der Waals surface area contributed by atoms with Crippen LogP contribution >= 0.6 is 0 Å². The highest BCUT2D eigenvalue weighted by molar-refractivity contribution is 5.72. The Labute approximate surface area is 130 Å². The zero-order chi connectivity index (χ0) is 16.8. The Morgan fingerprint density at radius 2 is 1.82 bits per heavy atom. The van der Waals surface area contributed by atoms with E-state index < -0.39 is 23.7 Å². The molecule has 6 nitrogen and oxygen atoms in total. The first-order chi connectivity index (χ1) is 10.2. The van der Waals surface area contributed by atoms with Gasteiger partial charge in [0.15, 0.2) is 0 Å². The lowest BCUT2D eigenvalue weighted by Gasteiger charge is -2.23. The van der Waals surface area contributed by atoms with Gasteiger partial charge in [-0.25, -0.2) is 4.79 Å². The molecule has 0 aliphatic carbocycles. The summed E-state index contributed by atoms with van der Waals surface area (Å²) in [5.41, 5.74) is 0.0353. The number of carbonyl (C=O) groups is 2. The number of benzene rings is 1. The summed E-state index contributed by atoms with van der Waals surface area (Å²) in [5, 5.41) is 11.6. The second-order valence-corrected chi connectivity index (χ2v) is 5.80. The fourth-order valence-electron chi connectivity index (χ4n) is 1.84. The van der Waals surface area contributed by atoms with Crippen LogP contribution in [0.25, 0.3) is 0 Å². The number of amides is 1. The predicted octanol–water partition coefficient (Wildman–Crippen LogP) is 3.13. The highest BCUT2D eigenvalue weighted by Gasteiger charge is 2.22. The van der Waals surface area contributed by atoms with Crippen LogP contribution in [-0.2, 0) is 9.53 Å². The molecule has 0 saturated carbocycles. The van der Waals surface area contributed by atoms with Crippen LogP contribution in [0.15, 0.2) is 24.3 Å². The maximum absolute atomic E-state index is 11.8. The van der Waals surface area contributed by atoms with E-state index in [1.807, 2.05) is 6.92 Å². The lowest BCUT2D eigenvalue weighted by molar-refractivity contribution is -0.137. The van der Waals surface area contributed by atoms with Gasteiger partial charge in [0.1, 0.15) is 11.4 Å². The molecule has 0 aromatic heterocycles. The Morgan fingerprint density at radius 3 is 2.27 bits per heavy atom. The average Bonchev–Trinajstić information content (AvgIpc) is 2.36. The number of carboxylic acid groups (broad SMARTS) is 1. The van der Waals surface area contributed by atoms with Gasteiger partial charge in [-0.2, -0.15) is 0 Å². The highest BCUT2D eigenvalue weighted by Crippen LogP contribution is 2.21. The first-order valence-electron chi connectivity index (χ1n) is 7.15. The summed E-state index contributed by atoms with van der Waals surface area (Å²) in [6.07, 6.45) is -0.875. The fraction of sp³-hybridized carbons (Fsp3) is 0.500. The number of aliphatic carboxylic acids is 1. The van der Waals surface area contributed by atoms with Crippen molar-refractivity contribution in [3.05, 3.63) is 29.8 Å². The van der Waals surface area contributed by atoms with E-state index in [0.29, 0.717) is 17.9 Å². The third-order valence-electron chi connectivity index (χ3n) is 2.66. The van der Waals surface area contributed by atoms with Gasteiger partial charge in [0.05, 0.1) is 19.1 Å². The van der Waals surface area contributed by atoms with E-state index in [0.717, 1.165) is 0 Å². The van der Waals surface area contributed by atoms with Gasteiger partial charge >= 0.3 is 12.1 Å². The Kier molecular flexibility index (Phi) is 6.22. The molecule has 0 fully saturated rings. The van der Waals surface area contributed by atoms with E-state index in [4.69, 9.17) is 14.6 Å². The van der Waals surface area contributed by atoms with E-state index in [-0.39, 0.29) is 6.42 Å². The molecule has 0 unspecified atom stereocenters. The molecule has 1 aromatic carbocycles. The van der Waals surface area contributed by atoms with Crippen LogP contribution in [0.5, 0.6) is 5.75 Å². The molecular weight excluding hydrogens is 286 g/mol. The van der Waals surface area contributed by atoms with Gasteiger partial charge in [0, 0.05) is 0 Å². The lowest BCUT2D eigenvalue weighted by atomic mass is 10.0. The fourth-order valence-corrected chi connectivity index (χ4v) is 1.84. The largest absolute Gasteiger partial charge is 0.494 e. The minimum absolute atomic E-state index is 0.229. The summed E-state index contributed by atoms with van der Waals surface area (Å²) in [6.45, 7) is 7.67. The molecule has 0 aliphatic rings. The van der Waals surface area contributed by atoms with Crippen molar-refractivity contribution in [1.29, 1.82) is 0 Å². The van der Waals surface area contributed by atoms with E-state index in [1.165, 1.54) is 0 Å². The molecule has 0 saturated heterocycles. The van der Waals surface area contributed by atoms with Crippen LogP contribution in [0.3, 0.4) is 0 Å². The third-order valence-corrected chi connectivity index (χ3v) is 2.66. The molecule has 0 heterocycles. The second kappa shape index (κ2) is 7.68. The summed E-state index contributed by atoms with van der Waals surface area (Å²) < 4.78 is 10.5. The van der Waals surface area contributed by atoms with E-state index in [1.54, 1.807) is 45.0 Å². The molecular formula is C16H23NO5. The van der Waals surface area contributed by atoms with Gasteiger partial charge < -0.3 is 19.9 Å². The monoisotopic (exact) mass is 309 g/mol. The van der Waals surface area contributed by atoms with E-state index >= 15 is 0 Å². The van der Waals surface area contributed by atoms with Crippen molar-refractivity contribution in [2.24, 2.45) is 0 Å². The van der Waals surface area contributed by atoms with Gasteiger partial charge in [-0.3, -0.25) is 4.79 Å². The number of hydrogen-bond donors (Lipinski definition) is 2. The molecule has 6 heteroatoms. The summed E-state index contributed by atoms with van der Waals surface area (Å²) in [7, 11) is 0. The van der Waals surface area contributed by atoms with Crippen LogP contribution in [-0.4, -0.2) is 29.4 Å². The summed E-state index contributed by atoms with van der Waals surface area (Å²) in [6, 6.07) is 6.28. The van der Waals surface area contributed by atoms with Crippen molar-refractivity contribution >= 4 is 12.1 Å². The van der Waals surface area contributed by atoms with Crippen molar-refractivity contribution in [2.45, 2.75) is 45.8 Å². The number of carbonyl (C=O) groups excluding carboxylic acids is 1. The molecule has 1 aromatic rings. The maximum Gasteiger partial charge on any atom is 0.408 e. The summed E-state index contributed by atoms with van der Waals surface area (Å²) in [4.78, 5) is 22.8. The SMILES string of the molecule is CCOc1ccc([C@H](CC(=O)O)NC(=O)OC(C)(C)C)cc1. The Morgan fingerprint density at radius 1 is 1.23 bits per heavy atom. The number of carboxylic acids is 1. The molecule has 0 spiro atoms. The van der Waals surface area contributed by atoms with Gasteiger partial charge in [0.25, 0.3) is 0 Å². The molecule has 122 valence electrons. The number of nitrogens with one attached hydrogen (secondary N) is 1. The van der Waals surface area contributed by atoms with Crippen molar-refractivity contribution in [2.75, 3.05) is 6.61 Å². The van der Waals surface area contributed by atoms with Crippen molar-refractivity contribution in [3.63, 3.8) is 0 Å². The topological polar surface area (TPSA) is 84.9 Å². The van der Waals surface area contributed by atoms with Crippen molar-refractivity contribution in [3.8, 4) is 5.75 Å². The molecule has 0 bridgehead atoms. The van der Waals surface area contributed by atoms with Crippen molar-refractivity contribution in [1.82, 2.24) is 5.32 Å². The quantitative estimate of drug-likeness (QED) is 0.843. The molecule has 1 rings (SSSR count). The average molecular weight is 309 g/mol. The van der Waals surface area contributed by atoms with Crippen LogP contribution in [0.1, 0.15) is 45.7 Å². The van der Waals surface area contributed by atoms with Crippen LogP contribution < -0.4 is 10.1 Å². The Bertz CT molecular complexity index is 504. The van der Waals surface area contributed by atoms with Crippen LogP contribution in [0.2, 0.25) is 0 Å². The number of hydrogen-bond acceptors (Lipinski definition) is 4. The van der Waals surface area contributed by atoms with Gasteiger partial charge in [-0.05, 0) is 45.4 Å². The standard InChI is InChI=1S/C16H23NO5/c1-5-21-12-8-6-11(7-9-12)13(10-14(18)19)17-15(20)22-16(2,3)4/h6-9,13H,5,10H2,1-4H3,(H,17,20)(H,18,19)/t13-/m0/s1. The minimum atomic E-state index is -1.00. The number of rotatable bonds is 6. The van der Waals surface area contributed by atoms with Gasteiger partial charge in [-0.15, -0.1) is 0 Å². The zero-order valence-corrected chi connectivity index (χ0v) is 13.4. The molecule has 2 N–H and O–H groups in total. The predicted molar refractivity (Wildman–Crippen MR) is 82.0 cm³/mol. The molecule has 22 heavy (non-hydrogen) atoms. The van der Waals surface area contributed by atoms with Gasteiger partial charge in [0.2, 0.25) is 0 Å². The van der Waals surface area contributed by atoms with Crippen LogP contribution in [0, 0.1) is 0 Å². The Hall–Kier alpha value is -2.24. The highest BCUT2D eigenvalue weighted by atomic mass is 16.6. The second-order valence-electron chi connectivity index (χ2n) is 5.80. The number of alkyl carbamates (subject to hydrolysis) is 1. The van der Waals surface area contributed by atoms with E-state index in [2.05, 4.69) is 5.32 Å². The van der Waals surface area contributed by atoms with Gasteiger partial charge in [-0.1, -0.05) is 12.1 Å². The normalized spacial score (nSPS) is 12.4. The van der Waals surface area contributed by atoms with Crippen LogP contribution in [0.4, 0.5) is 4.79 Å². The zero-order valence-electron chi connectivity index (χ0n) is 13.4. The first kappa shape index (κ1) is 17.8. The summed E-state index contributed by atoms with van der Waals surface area (Å²) in [5.74, 6) is -0.312. The molecule has 1 amide bonds. The smallest absolute Gasteiger partial charge is 0.408 e. The first-order valence-corrected chi connectivity index (χ1v) is 7.15. The lowest BCUT2D eigenvalue weighted by Crippen LogP contribution is -2.35. The third kappa shape index (κ3) is 6.47. The summed E-state index contributed by atoms with van der Waals surface area (Å²) >= 11 is 0. The molecule has 0 aliphatic heterocycles. The molecule has 1 atom stereocenters. The van der Waals surface area contributed by atoms with E-state index in [9.17, 15) is 9.59 Å².